The molecule has 3 rings (SSSR count). The van der Waals surface area contributed by atoms with Crippen LogP contribution in [-0.4, -0.2) is 27.2 Å². The standard InChI is InChI=1S/C22H21NO5S/c1-3-27-17-11-13-18(14-12-17)28-21-10-5-4-9-20(21)23-22(24)16-7-6-8-19(15-16)29(2,25)26/h4-15H,3H2,1-2H3,(H,23,24). The van der Waals surface area contributed by atoms with E-state index >= 15 is 0 Å². The van der Waals surface area contributed by atoms with Crippen LogP contribution in [-0.2, 0) is 9.84 Å². The molecule has 3 aromatic rings. The van der Waals surface area contributed by atoms with Gasteiger partial charge >= 0.3 is 0 Å². The van der Waals surface area contributed by atoms with E-state index in [1.165, 1.54) is 18.2 Å². The van der Waals surface area contributed by atoms with Gasteiger partial charge in [-0.25, -0.2) is 8.42 Å². The molecular formula is C22H21NO5S. The minimum atomic E-state index is -3.40. The Morgan fingerprint density at radius 1 is 0.931 bits per heavy atom. The maximum absolute atomic E-state index is 12.6. The molecule has 29 heavy (non-hydrogen) atoms. The molecule has 6 nitrogen and oxygen atoms in total. The fourth-order valence-corrected chi connectivity index (χ4v) is 3.29. The molecule has 0 aliphatic heterocycles. The molecule has 1 N–H and O–H groups in total. The van der Waals surface area contributed by atoms with Crippen LogP contribution in [0.25, 0.3) is 0 Å². The molecule has 0 heterocycles. The Balaban J connectivity index is 1.79. The number of sulfone groups is 1. The highest BCUT2D eigenvalue weighted by Gasteiger charge is 2.14. The summed E-state index contributed by atoms with van der Waals surface area (Å²) in [7, 11) is -3.40. The van der Waals surface area contributed by atoms with E-state index in [-0.39, 0.29) is 10.5 Å². The first-order chi connectivity index (χ1) is 13.9. The summed E-state index contributed by atoms with van der Waals surface area (Å²) >= 11 is 0. The Hall–Kier alpha value is -3.32. The average molecular weight is 411 g/mol. The molecule has 150 valence electrons. The highest BCUT2D eigenvalue weighted by Crippen LogP contribution is 2.30. The normalized spacial score (nSPS) is 11.0. The Bertz CT molecular complexity index is 1110. The SMILES string of the molecule is CCOc1ccc(Oc2ccccc2NC(=O)c2cccc(S(C)(=O)=O)c2)cc1. The summed E-state index contributed by atoms with van der Waals surface area (Å²) in [4.78, 5) is 12.7. The van der Waals surface area contributed by atoms with Gasteiger partial charge in [-0.1, -0.05) is 18.2 Å². The second-order valence-electron chi connectivity index (χ2n) is 6.26. The molecule has 0 saturated heterocycles. The molecule has 0 aliphatic carbocycles. The molecule has 7 heteroatoms. The zero-order valence-corrected chi connectivity index (χ0v) is 16.9. The average Bonchev–Trinajstić information content (AvgIpc) is 2.70. The summed E-state index contributed by atoms with van der Waals surface area (Å²) in [5.41, 5.74) is 0.708. The van der Waals surface area contributed by atoms with E-state index in [2.05, 4.69) is 5.32 Å². The van der Waals surface area contributed by atoms with Crippen LogP contribution in [0.3, 0.4) is 0 Å². The van der Waals surface area contributed by atoms with Gasteiger partial charge in [0.05, 0.1) is 17.2 Å². The van der Waals surface area contributed by atoms with E-state index in [0.29, 0.717) is 23.8 Å². The highest BCUT2D eigenvalue weighted by molar-refractivity contribution is 7.90. The number of anilines is 1. The fourth-order valence-electron chi connectivity index (χ4n) is 2.62. The smallest absolute Gasteiger partial charge is 0.255 e. The Kier molecular flexibility index (Phi) is 6.19. The number of hydrogen-bond acceptors (Lipinski definition) is 5. The van der Waals surface area contributed by atoms with Gasteiger partial charge in [-0.05, 0) is 61.5 Å². The summed E-state index contributed by atoms with van der Waals surface area (Å²) in [6, 6.07) is 20.1. The van der Waals surface area contributed by atoms with Gasteiger partial charge in [0.2, 0.25) is 0 Å². The van der Waals surface area contributed by atoms with Crippen LogP contribution in [0.5, 0.6) is 17.2 Å². The lowest BCUT2D eigenvalue weighted by atomic mass is 10.2. The molecule has 1 amide bonds. The lowest BCUT2D eigenvalue weighted by Gasteiger charge is -2.13. The van der Waals surface area contributed by atoms with Crippen molar-refractivity contribution in [3.8, 4) is 17.2 Å². The van der Waals surface area contributed by atoms with Crippen LogP contribution in [0, 0.1) is 0 Å². The maximum atomic E-state index is 12.6. The summed E-state index contributed by atoms with van der Waals surface area (Å²) < 4.78 is 34.8. The number of ether oxygens (including phenoxy) is 2. The van der Waals surface area contributed by atoms with Crippen molar-refractivity contribution in [3.63, 3.8) is 0 Å². The number of carbonyl (C=O) groups is 1. The van der Waals surface area contributed by atoms with Crippen molar-refractivity contribution in [2.24, 2.45) is 0 Å². The van der Waals surface area contributed by atoms with Crippen molar-refractivity contribution in [1.29, 1.82) is 0 Å². The van der Waals surface area contributed by atoms with Crippen molar-refractivity contribution in [2.45, 2.75) is 11.8 Å². The van der Waals surface area contributed by atoms with Crippen LogP contribution in [0.1, 0.15) is 17.3 Å². The number of rotatable bonds is 7. The van der Waals surface area contributed by atoms with Gasteiger partial charge in [0, 0.05) is 11.8 Å². The first kappa shape index (κ1) is 20.4. The first-order valence-corrected chi connectivity index (χ1v) is 10.9. The fraction of sp³-hybridized carbons (Fsp3) is 0.136. The topological polar surface area (TPSA) is 81.7 Å². The van der Waals surface area contributed by atoms with Crippen molar-refractivity contribution < 1.29 is 22.7 Å². The molecule has 0 bridgehead atoms. The predicted octanol–water partition coefficient (Wildman–Crippen LogP) is 4.53. The Morgan fingerprint density at radius 3 is 2.31 bits per heavy atom. The van der Waals surface area contributed by atoms with E-state index in [9.17, 15) is 13.2 Å². The zero-order chi connectivity index (χ0) is 20.9. The molecule has 0 unspecified atom stereocenters. The lowest BCUT2D eigenvalue weighted by molar-refractivity contribution is 0.102. The number of carbonyl (C=O) groups excluding carboxylic acids is 1. The minimum Gasteiger partial charge on any atom is -0.494 e. The van der Waals surface area contributed by atoms with Gasteiger partial charge in [-0.2, -0.15) is 0 Å². The Labute approximate surface area is 170 Å². The lowest BCUT2D eigenvalue weighted by Crippen LogP contribution is -2.13. The molecule has 0 saturated carbocycles. The molecule has 0 aliphatic rings. The second-order valence-corrected chi connectivity index (χ2v) is 8.27. The van der Waals surface area contributed by atoms with Crippen LogP contribution < -0.4 is 14.8 Å². The van der Waals surface area contributed by atoms with Gasteiger partial charge in [-0.3, -0.25) is 4.79 Å². The van der Waals surface area contributed by atoms with E-state index in [0.717, 1.165) is 12.0 Å². The summed E-state index contributed by atoms with van der Waals surface area (Å²) in [6.07, 6.45) is 1.10. The number of nitrogens with one attached hydrogen (secondary N) is 1. The number of benzene rings is 3. The van der Waals surface area contributed by atoms with E-state index in [1.54, 1.807) is 54.6 Å². The van der Waals surface area contributed by atoms with Gasteiger partial charge in [0.1, 0.15) is 11.5 Å². The largest absolute Gasteiger partial charge is 0.494 e. The van der Waals surface area contributed by atoms with Crippen LogP contribution in [0.15, 0.2) is 77.7 Å². The molecule has 0 fully saturated rings. The predicted molar refractivity (Wildman–Crippen MR) is 112 cm³/mol. The number of hydrogen-bond donors (Lipinski definition) is 1. The highest BCUT2D eigenvalue weighted by atomic mass is 32.2. The van der Waals surface area contributed by atoms with Gasteiger partial charge in [0.15, 0.2) is 15.6 Å². The Morgan fingerprint density at radius 2 is 1.62 bits per heavy atom. The zero-order valence-electron chi connectivity index (χ0n) is 16.1. The number of para-hydroxylation sites is 2. The molecule has 0 spiro atoms. The minimum absolute atomic E-state index is 0.0871. The van der Waals surface area contributed by atoms with E-state index < -0.39 is 15.7 Å². The van der Waals surface area contributed by atoms with Crippen molar-refractivity contribution in [1.82, 2.24) is 0 Å². The first-order valence-electron chi connectivity index (χ1n) is 8.98. The summed E-state index contributed by atoms with van der Waals surface area (Å²) in [5.74, 6) is 1.36. The van der Waals surface area contributed by atoms with Crippen molar-refractivity contribution in [2.75, 3.05) is 18.2 Å². The molecule has 3 aromatic carbocycles. The third-order valence-corrected chi connectivity index (χ3v) is 5.13. The van der Waals surface area contributed by atoms with Crippen molar-refractivity contribution in [3.05, 3.63) is 78.4 Å². The van der Waals surface area contributed by atoms with E-state index in [4.69, 9.17) is 9.47 Å². The monoisotopic (exact) mass is 411 g/mol. The number of amides is 1. The molecule has 0 aromatic heterocycles. The van der Waals surface area contributed by atoms with Crippen LogP contribution >= 0.6 is 0 Å². The van der Waals surface area contributed by atoms with Crippen molar-refractivity contribution >= 4 is 21.4 Å². The summed E-state index contributed by atoms with van der Waals surface area (Å²) in [6.45, 7) is 2.49. The molecule has 0 radical (unpaired) electrons. The summed E-state index contributed by atoms with van der Waals surface area (Å²) in [5, 5.41) is 2.77. The molecular weight excluding hydrogens is 390 g/mol. The quantitative estimate of drug-likeness (QED) is 0.618. The van der Waals surface area contributed by atoms with Gasteiger partial charge < -0.3 is 14.8 Å². The maximum Gasteiger partial charge on any atom is 0.255 e. The van der Waals surface area contributed by atoms with Gasteiger partial charge in [-0.15, -0.1) is 0 Å². The van der Waals surface area contributed by atoms with Crippen LogP contribution in [0.4, 0.5) is 5.69 Å². The third kappa shape index (κ3) is 5.36. The third-order valence-electron chi connectivity index (χ3n) is 4.02. The molecule has 0 atom stereocenters. The van der Waals surface area contributed by atoms with Gasteiger partial charge in [0.25, 0.3) is 5.91 Å². The van der Waals surface area contributed by atoms with E-state index in [1.807, 2.05) is 6.92 Å². The second kappa shape index (κ2) is 8.79. The van der Waals surface area contributed by atoms with Crippen LogP contribution in [0.2, 0.25) is 0 Å².